The highest BCUT2D eigenvalue weighted by Gasteiger charge is 2.49. The van der Waals surface area contributed by atoms with E-state index in [9.17, 15) is 4.79 Å². The van der Waals surface area contributed by atoms with Crippen LogP contribution in [-0.4, -0.2) is 22.9 Å². The number of anilines is 1. The highest BCUT2D eigenvalue weighted by molar-refractivity contribution is 5.78. The summed E-state index contributed by atoms with van der Waals surface area (Å²) >= 11 is 0. The average Bonchev–Trinajstić information content (AvgIpc) is 2.78. The number of aromatic nitrogens is 2. The van der Waals surface area contributed by atoms with E-state index in [0.29, 0.717) is 11.7 Å². The molecule has 4 bridgehead atoms. The Bertz CT molecular complexity index is 522. The molecule has 0 aliphatic heterocycles. The van der Waals surface area contributed by atoms with Crippen molar-refractivity contribution < 1.29 is 4.79 Å². The second-order valence-electron chi connectivity index (χ2n) is 6.92. The SMILES string of the molecule is CNC(=O)n1nc(C2C3CC4CC(C3)CC2C4)cc1N. The molecule has 1 heterocycles. The van der Waals surface area contributed by atoms with Crippen molar-refractivity contribution >= 4 is 11.8 Å². The Morgan fingerprint density at radius 2 is 1.85 bits per heavy atom. The number of carbonyl (C=O) groups excluding carboxylic acids is 1. The summed E-state index contributed by atoms with van der Waals surface area (Å²) in [7, 11) is 1.60. The third-order valence-electron chi connectivity index (χ3n) is 5.73. The van der Waals surface area contributed by atoms with Crippen molar-refractivity contribution in [3.05, 3.63) is 11.8 Å². The van der Waals surface area contributed by atoms with Gasteiger partial charge in [0.2, 0.25) is 0 Å². The van der Waals surface area contributed by atoms with E-state index in [0.717, 1.165) is 29.4 Å². The molecule has 0 spiro atoms. The second-order valence-corrected chi connectivity index (χ2v) is 6.92. The van der Waals surface area contributed by atoms with Crippen LogP contribution in [0.15, 0.2) is 6.07 Å². The zero-order chi connectivity index (χ0) is 13.9. The number of amides is 1. The number of nitrogens with one attached hydrogen (secondary N) is 1. The first-order chi connectivity index (χ1) is 9.65. The normalized spacial score (nSPS) is 38.1. The fourth-order valence-electron chi connectivity index (χ4n) is 5.25. The molecule has 0 aromatic carbocycles. The van der Waals surface area contributed by atoms with E-state index in [1.165, 1.54) is 36.8 Å². The molecule has 4 saturated carbocycles. The maximum atomic E-state index is 11.7. The zero-order valence-electron chi connectivity index (χ0n) is 11.9. The summed E-state index contributed by atoms with van der Waals surface area (Å²) in [6, 6.07) is 1.67. The maximum absolute atomic E-state index is 11.7. The minimum absolute atomic E-state index is 0.252. The maximum Gasteiger partial charge on any atom is 0.343 e. The minimum atomic E-state index is -0.252. The molecule has 4 aliphatic rings. The first-order valence-electron chi connectivity index (χ1n) is 7.73. The van der Waals surface area contributed by atoms with Gasteiger partial charge in [-0.3, -0.25) is 0 Å². The Labute approximate surface area is 118 Å². The van der Waals surface area contributed by atoms with Gasteiger partial charge in [0.1, 0.15) is 5.82 Å². The van der Waals surface area contributed by atoms with Gasteiger partial charge in [-0.15, -0.1) is 0 Å². The van der Waals surface area contributed by atoms with Crippen molar-refractivity contribution in [2.24, 2.45) is 23.7 Å². The van der Waals surface area contributed by atoms with Crippen molar-refractivity contribution in [1.29, 1.82) is 0 Å². The predicted molar refractivity (Wildman–Crippen MR) is 76.3 cm³/mol. The van der Waals surface area contributed by atoms with Gasteiger partial charge in [-0.2, -0.15) is 9.78 Å². The molecule has 0 saturated heterocycles. The third-order valence-corrected chi connectivity index (χ3v) is 5.73. The number of hydrogen-bond acceptors (Lipinski definition) is 3. The van der Waals surface area contributed by atoms with E-state index in [1.807, 2.05) is 6.07 Å². The molecule has 3 N–H and O–H groups in total. The molecule has 1 amide bonds. The highest BCUT2D eigenvalue weighted by Crippen LogP contribution is 2.59. The lowest BCUT2D eigenvalue weighted by Crippen LogP contribution is -2.44. The molecule has 0 unspecified atom stereocenters. The second kappa shape index (κ2) is 4.24. The first kappa shape index (κ1) is 12.2. The Balaban J connectivity index is 1.66. The Kier molecular flexibility index (Phi) is 2.59. The Morgan fingerprint density at radius 1 is 1.25 bits per heavy atom. The van der Waals surface area contributed by atoms with Gasteiger partial charge in [0, 0.05) is 19.0 Å². The molecule has 108 valence electrons. The molecular formula is C15H22N4O. The lowest BCUT2D eigenvalue weighted by Gasteiger charge is -2.54. The van der Waals surface area contributed by atoms with Crippen molar-refractivity contribution in [3.8, 4) is 0 Å². The van der Waals surface area contributed by atoms with Gasteiger partial charge < -0.3 is 11.1 Å². The summed E-state index contributed by atoms with van der Waals surface area (Å²) in [5.74, 6) is 4.40. The molecule has 5 rings (SSSR count). The standard InChI is InChI=1S/C15H22N4O/c1-17-15(20)19-13(16)7-12(18-19)14-10-3-8-2-9(5-10)6-11(14)4-8/h7-11,14H,2-6,16H2,1H3,(H,17,20). The monoisotopic (exact) mass is 274 g/mol. The van der Waals surface area contributed by atoms with Crippen LogP contribution in [0.3, 0.4) is 0 Å². The van der Waals surface area contributed by atoms with E-state index in [1.54, 1.807) is 7.05 Å². The minimum Gasteiger partial charge on any atom is -0.383 e. The van der Waals surface area contributed by atoms with E-state index < -0.39 is 0 Å². The molecule has 4 aliphatic carbocycles. The van der Waals surface area contributed by atoms with E-state index in [2.05, 4.69) is 10.4 Å². The molecule has 0 atom stereocenters. The fraction of sp³-hybridized carbons (Fsp3) is 0.733. The van der Waals surface area contributed by atoms with Gasteiger partial charge in [0.05, 0.1) is 5.69 Å². The lowest BCUT2D eigenvalue weighted by atomic mass is 9.51. The molecule has 20 heavy (non-hydrogen) atoms. The molecule has 0 radical (unpaired) electrons. The van der Waals surface area contributed by atoms with Crippen molar-refractivity contribution in [1.82, 2.24) is 15.1 Å². The molecule has 4 fully saturated rings. The summed E-state index contributed by atoms with van der Waals surface area (Å²) in [6.45, 7) is 0. The zero-order valence-corrected chi connectivity index (χ0v) is 11.9. The first-order valence-corrected chi connectivity index (χ1v) is 7.73. The topological polar surface area (TPSA) is 72.9 Å². The van der Waals surface area contributed by atoms with Gasteiger partial charge in [0.15, 0.2) is 0 Å². The van der Waals surface area contributed by atoms with E-state index in [-0.39, 0.29) is 6.03 Å². The lowest BCUT2D eigenvalue weighted by molar-refractivity contribution is -0.00426. The number of carbonyl (C=O) groups is 1. The Hall–Kier alpha value is -1.52. The summed E-state index contributed by atoms with van der Waals surface area (Å²) in [5.41, 5.74) is 6.99. The van der Waals surface area contributed by atoms with Crippen molar-refractivity contribution in [2.75, 3.05) is 12.8 Å². The van der Waals surface area contributed by atoms with Gasteiger partial charge in [-0.25, -0.2) is 4.79 Å². The van der Waals surface area contributed by atoms with Crippen molar-refractivity contribution in [3.63, 3.8) is 0 Å². The number of hydrogen-bond donors (Lipinski definition) is 2. The summed E-state index contributed by atoms with van der Waals surface area (Å²) < 4.78 is 1.31. The molecular weight excluding hydrogens is 252 g/mol. The van der Waals surface area contributed by atoms with Crippen LogP contribution in [0.5, 0.6) is 0 Å². The molecule has 1 aromatic rings. The fourth-order valence-corrected chi connectivity index (χ4v) is 5.25. The summed E-state index contributed by atoms with van der Waals surface area (Å²) in [5, 5.41) is 7.09. The Morgan fingerprint density at radius 3 is 2.40 bits per heavy atom. The summed E-state index contributed by atoms with van der Waals surface area (Å²) in [4.78, 5) is 11.7. The predicted octanol–water partition coefficient (Wildman–Crippen LogP) is 2.19. The van der Waals surface area contributed by atoms with Crippen LogP contribution in [0.25, 0.3) is 0 Å². The van der Waals surface area contributed by atoms with Gasteiger partial charge >= 0.3 is 6.03 Å². The van der Waals surface area contributed by atoms with Gasteiger partial charge in [0.25, 0.3) is 0 Å². The number of rotatable bonds is 1. The largest absolute Gasteiger partial charge is 0.383 e. The van der Waals surface area contributed by atoms with Crippen LogP contribution in [0.4, 0.5) is 10.6 Å². The van der Waals surface area contributed by atoms with Crippen LogP contribution in [0.1, 0.15) is 43.7 Å². The van der Waals surface area contributed by atoms with Crippen LogP contribution < -0.4 is 11.1 Å². The molecule has 5 heteroatoms. The van der Waals surface area contributed by atoms with E-state index >= 15 is 0 Å². The molecule has 1 aromatic heterocycles. The van der Waals surface area contributed by atoms with Crippen LogP contribution in [0, 0.1) is 23.7 Å². The smallest absolute Gasteiger partial charge is 0.343 e. The number of nitrogen functional groups attached to an aromatic ring is 1. The van der Waals surface area contributed by atoms with Gasteiger partial charge in [-0.05, 0) is 55.8 Å². The number of nitrogens with two attached hydrogens (primary N) is 1. The third kappa shape index (κ3) is 1.68. The quantitative estimate of drug-likeness (QED) is 0.824. The number of nitrogens with zero attached hydrogens (tertiary/aromatic N) is 2. The average molecular weight is 274 g/mol. The van der Waals surface area contributed by atoms with Crippen LogP contribution >= 0.6 is 0 Å². The summed E-state index contributed by atoms with van der Waals surface area (Å²) in [6.07, 6.45) is 6.86. The van der Waals surface area contributed by atoms with Crippen LogP contribution in [0.2, 0.25) is 0 Å². The molecule has 5 nitrogen and oxygen atoms in total. The highest BCUT2D eigenvalue weighted by atomic mass is 16.2. The van der Waals surface area contributed by atoms with Crippen molar-refractivity contribution in [2.45, 2.75) is 38.0 Å². The van der Waals surface area contributed by atoms with E-state index in [4.69, 9.17) is 5.73 Å². The van der Waals surface area contributed by atoms with Crippen LogP contribution in [-0.2, 0) is 0 Å². The van der Waals surface area contributed by atoms with Gasteiger partial charge in [-0.1, -0.05) is 0 Å².